The molecule has 0 bridgehead atoms. The van der Waals surface area contributed by atoms with Crippen molar-refractivity contribution in [2.24, 2.45) is 0 Å². The molecule has 2 aliphatic carbocycles. The summed E-state index contributed by atoms with van der Waals surface area (Å²) in [5, 5.41) is 33.7. The summed E-state index contributed by atoms with van der Waals surface area (Å²) in [5.41, 5.74) is 1.97. The molecule has 45 heavy (non-hydrogen) atoms. The SMILES string of the molecule is O=S(=O)(C1CC1)n1cc(-c2nccc(Nc3cc(NC4CCC(O)(CO)CC4)c(-c4csc(N5CCOCC5)n4)cn3)n2)cn1. The van der Waals surface area contributed by atoms with E-state index in [0.717, 1.165) is 39.3 Å². The number of aliphatic hydroxyl groups is 2. The van der Waals surface area contributed by atoms with Crippen molar-refractivity contribution in [3.05, 3.63) is 42.3 Å². The van der Waals surface area contributed by atoms with Crippen LogP contribution in [0.2, 0.25) is 0 Å². The van der Waals surface area contributed by atoms with Crippen molar-refractivity contribution in [1.29, 1.82) is 0 Å². The summed E-state index contributed by atoms with van der Waals surface area (Å²) in [4.78, 5) is 20.8. The van der Waals surface area contributed by atoms with Gasteiger partial charge in [-0.15, -0.1) is 11.3 Å². The third kappa shape index (κ3) is 6.51. The maximum Gasteiger partial charge on any atom is 0.256 e. The Morgan fingerprint density at radius 2 is 1.87 bits per heavy atom. The third-order valence-corrected chi connectivity index (χ3v) is 11.4. The van der Waals surface area contributed by atoms with Crippen molar-refractivity contribution >= 4 is 43.8 Å². The normalized spacial score (nSPS) is 22.4. The molecular weight excluding hydrogens is 619 g/mol. The average Bonchev–Trinajstić information content (AvgIpc) is 3.60. The molecule has 4 aromatic heterocycles. The number of thiazole rings is 1. The van der Waals surface area contributed by atoms with Crippen molar-refractivity contribution in [2.75, 3.05) is 48.4 Å². The minimum absolute atomic E-state index is 0.0947. The molecule has 1 saturated heterocycles. The Labute approximate surface area is 264 Å². The van der Waals surface area contributed by atoms with Gasteiger partial charge in [-0.25, -0.2) is 28.4 Å². The maximum atomic E-state index is 12.6. The van der Waals surface area contributed by atoms with Crippen LogP contribution >= 0.6 is 11.3 Å². The first-order chi connectivity index (χ1) is 21.8. The Morgan fingerprint density at radius 3 is 2.62 bits per heavy atom. The highest BCUT2D eigenvalue weighted by atomic mass is 32.2. The Balaban J connectivity index is 1.14. The zero-order valence-electron chi connectivity index (χ0n) is 24.5. The second-order valence-electron chi connectivity index (χ2n) is 11.8. The standard InChI is InChI=1S/C29H35N9O5S2/c39-18-29(40)6-3-20(4-7-29)33-23-13-26(31-15-22(23)24-17-44-28(34-24)37-9-11-43-12-10-37)35-25-5-8-30-27(36-25)19-14-32-38(16-19)45(41,42)21-1-2-21/h5,8,13-17,20-21,39-40H,1-4,6-7,9-12,18H2,(H2,30,31,33,35,36). The predicted octanol–water partition coefficient (Wildman–Crippen LogP) is 2.86. The lowest BCUT2D eigenvalue weighted by Gasteiger charge is -2.35. The van der Waals surface area contributed by atoms with Crippen LogP contribution in [0, 0.1) is 0 Å². The number of anilines is 4. The number of morpholine rings is 1. The fraction of sp³-hybridized carbons (Fsp3) is 0.483. The molecule has 5 heterocycles. The van der Waals surface area contributed by atoms with Crippen LogP contribution < -0.4 is 15.5 Å². The fourth-order valence-corrected chi connectivity index (χ4v) is 7.94. The average molecular weight is 654 g/mol. The summed E-state index contributed by atoms with van der Waals surface area (Å²) >= 11 is 1.59. The van der Waals surface area contributed by atoms with Gasteiger partial charge in [0.05, 0.1) is 54.3 Å². The number of pyridine rings is 1. The Morgan fingerprint density at radius 1 is 1.07 bits per heavy atom. The minimum Gasteiger partial charge on any atom is -0.393 e. The second kappa shape index (κ2) is 12.2. The number of ether oxygens (including phenoxy) is 1. The third-order valence-electron chi connectivity index (χ3n) is 8.46. The van der Waals surface area contributed by atoms with Crippen LogP contribution in [0.1, 0.15) is 38.5 Å². The number of aliphatic hydroxyl groups excluding tert-OH is 1. The van der Waals surface area contributed by atoms with E-state index < -0.39 is 15.6 Å². The van der Waals surface area contributed by atoms with Gasteiger partial charge < -0.3 is 30.5 Å². The molecule has 7 rings (SSSR count). The van der Waals surface area contributed by atoms with Crippen molar-refractivity contribution in [3.8, 4) is 22.6 Å². The largest absolute Gasteiger partial charge is 0.393 e. The molecule has 3 aliphatic rings. The van der Waals surface area contributed by atoms with E-state index in [-0.39, 0.29) is 17.9 Å². The number of hydrogen-bond acceptors (Lipinski definition) is 14. The number of nitrogens with zero attached hydrogens (tertiary/aromatic N) is 7. The summed E-state index contributed by atoms with van der Waals surface area (Å²) < 4.78 is 31.7. The van der Waals surface area contributed by atoms with Crippen LogP contribution in [0.4, 0.5) is 22.5 Å². The molecule has 0 radical (unpaired) electrons. The highest BCUT2D eigenvalue weighted by molar-refractivity contribution is 7.90. The molecule has 4 N–H and O–H groups in total. The first-order valence-electron chi connectivity index (χ1n) is 15.1. The number of rotatable bonds is 10. The molecule has 0 unspecified atom stereocenters. The van der Waals surface area contributed by atoms with Gasteiger partial charge in [0.15, 0.2) is 11.0 Å². The van der Waals surface area contributed by atoms with E-state index in [2.05, 4.69) is 35.6 Å². The maximum absolute atomic E-state index is 12.6. The molecule has 2 saturated carbocycles. The molecule has 3 fully saturated rings. The first-order valence-corrected chi connectivity index (χ1v) is 17.5. The Kier molecular flexibility index (Phi) is 8.16. The highest BCUT2D eigenvalue weighted by Gasteiger charge is 2.38. The van der Waals surface area contributed by atoms with Gasteiger partial charge in [0.1, 0.15) is 11.6 Å². The van der Waals surface area contributed by atoms with E-state index in [1.165, 1.54) is 12.4 Å². The van der Waals surface area contributed by atoms with Crippen LogP contribution in [0.3, 0.4) is 0 Å². The van der Waals surface area contributed by atoms with Crippen molar-refractivity contribution in [1.82, 2.24) is 29.1 Å². The van der Waals surface area contributed by atoms with Crippen LogP contribution in [-0.4, -0.2) is 97.6 Å². The van der Waals surface area contributed by atoms with Gasteiger partial charge in [-0.1, -0.05) is 0 Å². The molecule has 0 spiro atoms. The van der Waals surface area contributed by atoms with E-state index in [1.807, 2.05) is 11.4 Å². The summed E-state index contributed by atoms with van der Waals surface area (Å²) in [6.07, 6.45) is 10.0. The second-order valence-corrected chi connectivity index (χ2v) is 14.7. The van der Waals surface area contributed by atoms with Gasteiger partial charge >= 0.3 is 0 Å². The van der Waals surface area contributed by atoms with Crippen molar-refractivity contribution in [3.63, 3.8) is 0 Å². The summed E-state index contributed by atoms with van der Waals surface area (Å²) in [7, 11) is -3.49. The van der Waals surface area contributed by atoms with E-state index in [9.17, 15) is 18.6 Å². The number of nitrogens with one attached hydrogen (secondary N) is 2. The van der Waals surface area contributed by atoms with Gasteiger partial charge in [0, 0.05) is 54.2 Å². The zero-order valence-corrected chi connectivity index (χ0v) is 26.2. The molecular formula is C29H35N9O5S2. The molecule has 0 atom stereocenters. The molecule has 0 aromatic carbocycles. The highest BCUT2D eigenvalue weighted by Crippen LogP contribution is 2.37. The fourth-order valence-electron chi connectivity index (χ4n) is 5.59. The summed E-state index contributed by atoms with van der Waals surface area (Å²) in [6, 6.07) is 3.72. The van der Waals surface area contributed by atoms with Gasteiger partial charge in [0.25, 0.3) is 10.0 Å². The van der Waals surface area contributed by atoms with Gasteiger partial charge in [-0.2, -0.15) is 9.19 Å². The van der Waals surface area contributed by atoms with Crippen LogP contribution in [-0.2, 0) is 14.8 Å². The van der Waals surface area contributed by atoms with Crippen molar-refractivity contribution < 1.29 is 23.4 Å². The molecule has 14 nitrogen and oxygen atoms in total. The lowest BCUT2D eigenvalue weighted by Crippen LogP contribution is -2.41. The number of aromatic nitrogens is 6. The predicted molar refractivity (Wildman–Crippen MR) is 170 cm³/mol. The first kappa shape index (κ1) is 30.0. The van der Waals surface area contributed by atoms with Crippen LogP contribution in [0.5, 0.6) is 0 Å². The topological polar surface area (TPSA) is 181 Å². The Bertz CT molecular complexity index is 1760. The smallest absolute Gasteiger partial charge is 0.256 e. The monoisotopic (exact) mass is 653 g/mol. The van der Waals surface area contributed by atoms with Gasteiger partial charge in [-0.05, 0) is 44.6 Å². The zero-order chi connectivity index (χ0) is 31.0. The quantitative estimate of drug-likeness (QED) is 0.196. The van der Waals surface area contributed by atoms with Crippen LogP contribution in [0.25, 0.3) is 22.6 Å². The Hall–Kier alpha value is -3.70. The molecule has 0 amide bonds. The lowest BCUT2D eigenvalue weighted by atomic mass is 9.82. The minimum atomic E-state index is -3.49. The van der Waals surface area contributed by atoms with Crippen molar-refractivity contribution in [2.45, 2.75) is 55.4 Å². The lowest BCUT2D eigenvalue weighted by molar-refractivity contribution is -0.0438. The van der Waals surface area contributed by atoms with Crippen LogP contribution in [0.15, 0.2) is 42.3 Å². The molecule has 1 aliphatic heterocycles. The summed E-state index contributed by atoms with van der Waals surface area (Å²) in [5.74, 6) is 1.37. The molecule has 238 valence electrons. The summed E-state index contributed by atoms with van der Waals surface area (Å²) in [6.45, 7) is 2.71. The number of hydrogen-bond donors (Lipinski definition) is 4. The van der Waals surface area contributed by atoms with E-state index in [4.69, 9.17) is 9.72 Å². The van der Waals surface area contributed by atoms with Gasteiger partial charge in [0.2, 0.25) is 0 Å². The van der Waals surface area contributed by atoms with Gasteiger partial charge in [-0.3, -0.25) is 0 Å². The van der Waals surface area contributed by atoms with E-state index in [0.29, 0.717) is 74.8 Å². The molecule has 16 heteroatoms. The molecule has 4 aromatic rings. The van der Waals surface area contributed by atoms with E-state index >= 15 is 0 Å². The van der Waals surface area contributed by atoms with E-state index in [1.54, 1.807) is 29.8 Å².